The molecule has 0 fully saturated rings. The Morgan fingerprint density at radius 1 is 0.340 bits per heavy atom. The van der Waals surface area contributed by atoms with Crippen LogP contribution in [0.15, 0.2) is 192 Å². The maximum atomic E-state index is 6.45. The smallest absolute Gasteiger partial charge is 0.137 e. The fourth-order valence-electron chi connectivity index (χ4n) is 7.81. The standard InChI is InChI=1S/C48H31NO/c1-3-19-36-32(14-1)16-12-25-37(36)33-17-11-18-35(30-33)49(45-27-13-29-47-48(45)42-24-8-10-28-46(42)50-47)44-26-9-7-23-41(44)43-31-34-15-2-4-20-38(34)39-21-5-6-22-40(39)43/h1-31H. The van der Waals surface area contributed by atoms with E-state index in [9.17, 15) is 0 Å². The van der Waals surface area contributed by atoms with Crippen LogP contribution in [0.5, 0.6) is 0 Å². The van der Waals surface area contributed by atoms with Crippen LogP contribution in [0.1, 0.15) is 0 Å². The van der Waals surface area contributed by atoms with E-state index < -0.39 is 0 Å². The molecule has 2 nitrogen and oxygen atoms in total. The second-order valence-electron chi connectivity index (χ2n) is 12.9. The summed E-state index contributed by atoms with van der Waals surface area (Å²) in [6.45, 7) is 0. The van der Waals surface area contributed by atoms with Crippen LogP contribution in [0.4, 0.5) is 17.1 Å². The summed E-state index contributed by atoms with van der Waals surface area (Å²) in [5, 5.41) is 9.64. The fraction of sp³-hybridized carbons (Fsp3) is 0. The molecule has 0 aliphatic rings. The van der Waals surface area contributed by atoms with Gasteiger partial charge in [0.15, 0.2) is 0 Å². The summed E-state index contributed by atoms with van der Waals surface area (Å²) >= 11 is 0. The summed E-state index contributed by atoms with van der Waals surface area (Å²) in [6.07, 6.45) is 0. The Morgan fingerprint density at radius 2 is 0.940 bits per heavy atom. The molecular weight excluding hydrogens is 607 g/mol. The van der Waals surface area contributed by atoms with Crippen LogP contribution in [0, 0.1) is 0 Å². The predicted molar refractivity (Wildman–Crippen MR) is 212 cm³/mol. The van der Waals surface area contributed by atoms with Gasteiger partial charge in [0, 0.05) is 16.6 Å². The molecular formula is C48H31NO. The maximum Gasteiger partial charge on any atom is 0.137 e. The summed E-state index contributed by atoms with van der Waals surface area (Å²) in [4.78, 5) is 2.43. The molecule has 2 heteroatoms. The van der Waals surface area contributed by atoms with Crippen molar-refractivity contribution in [1.82, 2.24) is 0 Å². The number of nitrogens with zero attached hydrogens (tertiary/aromatic N) is 1. The Balaban J connectivity index is 1.28. The SMILES string of the molecule is c1cc(-c2cccc3ccccc23)cc(N(c2ccccc2-c2cc3ccccc3c3ccccc23)c2cccc3oc4ccccc4c23)c1. The number of benzene rings is 9. The van der Waals surface area contributed by atoms with Gasteiger partial charge in [0.25, 0.3) is 0 Å². The first-order valence-corrected chi connectivity index (χ1v) is 17.1. The topological polar surface area (TPSA) is 16.4 Å². The molecule has 0 atom stereocenters. The van der Waals surface area contributed by atoms with Gasteiger partial charge < -0.3 is 9.32 Å². The molecule has 0 saturated heterocycles. The van der Waals surface area contributed by atoms with E-state index in [1.54, 1.807) is 0 Å². The van der Waals surface area contributed by atoms with E-state index in [0.29, 0.717) is 0 Å². The van der Waals surface area contributed by atoms with Crippen molar-refractivity contribution in [2.45, 2.75) is 0 Å². The van der Waals surface area contributed by atoms with Crippen molar-refractivity contribution in [1.29, 1.82) is 0 Å². The first-order chi connectivity index (χ1) is 24.8. The minimum atomic E-state index is 0.868. The summed E-state index contributed by atoms with van der Waals surface area (Å²) in [6, 6.07) is 67.6. The molecule has 1 aromatic heterocycles. The van der Waals surface area contributed by atoms with Crippen molar-refractivity contribution in [3.05, 3.63) is 188 Å². The van der Waals surface area contributed by atoms with Gasteiger partial charge in [-0.15, -0.1) is 0 Å². The number of anilines is 3. The highest BCUT2D eigenvalue weighted by Crippen LogP contribution is 2.48. The third-order valence-corrected chi connectivity index (χ3v) is 10.0. The molecule has 0 aliphatic heterocycles. The number of para-hydroxylation sites is 2. The molecule has 10 rings (SSSR count). The van der Waals surface area contributed by atoms with E-state index in [1.807, 2.05) is 6.07 Å². The molecule has 234 valence electrons. The molecule has 0 bridgehead atoms. The Labute approximate surface area is 290 Å². The van der Waals surface area contributed by atoms with Crippen LogP contribution in [0.25, 0.3) is 76.5 Å². The highest BCUT2D eigenvalue weighted by Gasteiger charge is 2.23. The molecule has 1 heterocycles. The van der Waals surface area contributed by atoms with Crippen molar-refractivity contribution < 1.29 is 4.42 Å². The molecule has 50 heavy (non-hydrogen) atoms. The van der Waals surface area contributed by atoms with Crippen LogP contribution in [-0.4, -0.2) is 0 Å². The van der Waals surface area contributed by atoms with E-state index in [2.05, 4.69) is 187 Å². The maximum absolute atomic E-state index is 6.45. The lowest BCUT2D eigenvalue weighted by atomic mass is 9.92. The van der Waals surface area contributed by atoms with Gasteiger partial charge in [-0.05, 0) is 91.5 Å². The van der Waals surface area contributed by atoms with Gasteiger partial charge in [0.05, 0.1) is 16.8 Å². The van der Waals surface area contributed by atoms with Gasteiger partial charge >= 0.3 is 0 Å². The van der Waals surface area contributed by atoms with E-state index in [0.717, 1.165) is 44.6 Å². The number of hydrogen-bond donors (Lipinski definition) is 0. The zero-order chi connectivity index (χ0) is 33.0. The zero-order valence-corrected chi connectivity index (χ0v) is 27.3. The Bertz CT molecular complexity index is 2890. The van der Waals surface area contributed by atoms with E-state index in [4.69, 9.17) is 4.42 Å². The van der Waals surface area contributed by atoms with Crippen LogP contribution in [0.3, 0.4) is 0 Å². The van der Waals surface area contributed by atoms with Crippen molar-refractivity contribution in [3.63, 3.8) is 0 Å². The quantitative estimate of drug-likeness (QED) is 0.175. The van der Waals surface area contributed by atoms with E-state index in [-0.39, 0.29) is 0 Å². The lowest BCUT2D eigenvalue weighted by Gasteiger charge is -2.29. The molecule has 10 aromatic rings. The number of rotatable bonds is 5. The van der Waals surface area contributed by atoms with Crippen molar-refractivity contribution in [2.75, 3.05) is 4.90 Å². The average Bonchev–Trinajstić information content (AvgIpc) is 3.57. The lowest BCUT2D eigenvalue weighted by Crippen LogP contribution is -2.12. The third-order valence-electron chi connectivity index (χ3n) is 10.0. The highest BCUT2D eigenvalue weighted by atomic mass is 16.3. The summed E-state index contributed by atoms with van der Waals surface area (Å²) in [5.41, 5.74) is 9.74. The van der Waals surface area contributed by atoms with Crippen molar-refractivity contribution >= 4 is 71.3 Å². The Morgan fingerprint density at radius 3 is 1.84 bits per heavy atom. The molecule has 0 unspecified atom stereocenters. The average molecular weight is 638 g/mol. The minimum absolute atomic E-state index is 0.868. The summed E-state index contributed by atoms with van der Waals surface area (Å²) < 4.78 is 6.45. The minimum Gasteiger partial charge on any atom is -0.456 e. The number of fused-ring (bicyclic) bond motifs is 7. The largest absolute Gasteiger partial charge is 0.456 e. The first-order valence-electron chi connectivity index (χ1n) is 17.1. The molecule has 0 spiro atoms. The van der Waals surface area contributed by atoms with Crippen molar-refractivity contribution in [2.24, 2.45) is 0 Å². The van der Waals surface area contributed by atoms with Gasteiger partial charge in [-0.2, -0.15) is 0 Å². The zero-order valence-electron chi connectivity index (χ0n) is 27.3. The molecule has 0 amide bonds. The Kier molecular flexibility index (Phi) is 6.53. The van der Waals surface area contributed by atoms with Gasteiger partial charge in [0.2, 0.25) is 0 Å². The van der Waals surface area contributed by atoms with Crippen LogP contribution >= 0.6 is 0 Å². The van der Waals surface area contributed by atoms with Crippen LogP contribution < -0.4 is 4.90 Å². The third kappa shape index (κ3) is 4.50. The molecule has 0 radical (unpaired) electrons. The highest BCUT2D eigenvalue weighted by molar-refractivity contribution is 6.17. The summed E-state index contributed by atoms with van der Waals surface area (Å²) in [7, 11) is 0. The van der Waals surface area contributed by atoms with Crippen LogP contribution in [0.2, 0.25) is 0 Å². The van der Waals surface area contributed by atoms with E-state index >= 15 is 0 Å². The molecule has 0 saturated carbocycles. The van der Waals surface area contributed by atoms with Gasteiger partial charge in [-0.3, -0.25) is 0 Å². The molecule has 9 aromatic carbocycles. The predicted octanol–water partition coefficient (Wildman–Crippen LogP) is 13.8. The Hall–Kier alpha value is -6.64. The number of hydrogen-bond acceptors (Lipinski definition) is 2. The first kappa shape index (κ1) is 28.4. The van der Waals surface area contributed by atoms with Gasteiger partial charge in [0.1, 0.15) is 11.2 Å². The van der Waals surface area contributed by atoms with Gasteiger partial charge in [-0.1, -0.05) is 146 Å². The second kappa shape index (κ2) is 11.5. The van der Waals surface area contributed by atoms with Crippen molar-refractivity contribution in [3.8, 4) is 22.3 Å². The van der Waals surface area contributed by atoms with Crippen LogP contribution in [-0.2, 0) is 0 Å². The monoisotopic (exact) mass is 637 g/mol. The second-order valence-corrected chi connectivity index (χ2v) is 12.9. The summed E-state index contributed by atoms with van der Waals surface area (Å²) in [5.74, 6) is 0. The normalized spacial score (nSPS) is 11.6. The number of furan rings is 1. The van der Waals surface area contributed by atoms with E-state index in [1.165, 1.54) is 49.0 Å². The molecule has 0 N–H and O–H groups in total. The van der Waals surface area contributed by atoms with Gasteiger partial charge in [-0.25, -0.2) is 0 Å². The fourth-order valence-corrected chi connectivity index (χ4v) is 7.81. The lowest BCUT2D eigenvalue weighted by molar-refractivity contribution is 0.669. The molecule has 0 aliphatic carbocycles.